The van der Waals surface area contributed by atoms with Gasteiger partial charge in [0, 0.05) is 29.2 Å². The van der Waals surface area contributed by atoms with E-state index in [0.717, 1.165) is 23.5 Å². The molecule has 9 heteroatoms. The fourth-order valence-corrected chi connectivity index (χ4v) is 5.30. The Labute approximate surface area is 174 Å². The molecule has 2 aromatic rings. The maximum Gasteiger partial charge on any atom is 0.262 e. The van der Waals surface area contributed by atoms with Crippen LogP contribution in [0.15, 0.2) is 46.2 Å². The third-order valence-corrected chi connectivity index (χ3v) is 7.36. The number of hydrogen-bond acceptors (Lipinski definition) is 6. The number of carbonyl (C=O) groups excluding carboxylic acids is 1. The summed E-state index contributed by atoms with van der Waals surface area (Å²) in [5.74, 6) is 1.88. The van der Waals surface area contributed by atoms with Gasteiger partial charge in [0.1, 0.15) is 11.5 Å². The molecule has 0 atom stereocenters. The molecule has 0 bridgehead atoms. The molecule has 1 fully saturated rings. The summed E-state index contributed by atoms with van der Waals surface area (Å²) in [7, 11) is -0.882. The van der Waals surface area contributed by atoms with Gasteiger partial charge in [-0.05, 0) is 43.2 Å². The number of anilines is 2. The highest BCUT2D eigenvalue weighted by atomic mass is 32.2. The molecule has 1 amide bonds. The molecule has 7 nitrogen and oxygen atoms in total. The molecule has 1 N–H and O–H groups in total. The summed E-state index contributed by atoms with van der Waals surface area (Å²) in [6.07, 6.45) is 1.82. The SMILES string of the molecule is COc1ccc(NS(=O)(=O)c2ccc3c(c2)N(C(=O)C2CC2)CCS3)c(OC)c1. The first kappa shape index (κ1) is 19.9. The van der Waals surface area contributed by atoms with E-state index in [9.17, 15) is 13.2 Å². The Morgan fingerprint density at radius 3 is 2.62 bits per heavy atom. The van der Waals surface area contributed by atoms with Crippen LogP contribution in [0.25, 0.3) is 0 Å². The van der Waals surface area contributed by atoms with Gasteiger partial charge in [0.25, 0.3) is 10.0 Å². The molecule has 1 aliphatic heterocycles. The lowest BCUT2D eigenvalue weighted by Crippen LogP contribution is -2.36. The number of benzene rings is 2. The number of fused-ring (bicyclic) bond motifs is 1. The molecule has 0 spiro atoms. The van der Waals surface area contributed by atoms with Crippen LogP contribution in [0.3, 0.4) is 0 Å². The molecule has 0 unspecified atom stereocenters. The van der Waals surface area contributed by atoms with Gasteiger partial charge < -0.3 is 14.4 Å². The van der Waals surface area contributed by atoms with Crippen molar-refractivity contribution in [1.82, 2.24) is 0 Å². The van der Waals surface area contributed by atoms with E-state index in [4.69, 9.17) is 9.47 Å². The van der Waals surface area contributed by atoms with Crippen molar-refractivity contribution < 1.29 is 22.7 Å². The second-order valence-electron chi connectivity index (χ2n) is 6.91. The van der Waals surface area contributed by atoms with Crippen LogP contribution < -0.4 is 19.1 Å². The Kier molecular flexibility index (Phi) is 5.35. The normalized spacial score (nSPS) is 16.1. The molecule has 4 rings (SSSR count). The minimum absolute atomic E-state index is 0.0768. The molecule has 154 valence electrons. The number of rotatable bonds is 6. The fourth-order valence-electron chi connectivity index (χ4n) is 3.23. The summed E-state index contributed by atoms with van der Waals surface area (Å²) >= 11 is 1.63. The van der Waals surface area contributed by atoms with Gasteiger partial charge in [-0.3, -0.25) is 9.52 Å². The second-order valence-corrected chi connectivity index (χ2v) is 9.73. The van der Waals surface area contributed by atoms with Gasteiger partial charge in [-0.25, -0.2) is 8.42 Å². The Hall–Kier alpha value is -2.39. The Bertz CT molecular complexity index is 1050. The molecule has 29 heavy (non-hydrogen) atoms. The van der Waals surface area contributed by atoms with Gasteiger partial charge in [0.15, 0.2) is 0 Å². The average molecular weight is 435 g/mol. The number of thioether (sulfide) groups is 1. The van der Waals surface area contributed by atoms with Crippen molar-refractivity contribution in [3.8, 4) is 11.5 Å². The van der Waals surface area contributed by atoms with Crippen molar-refractivity contribution in [2.45, 2.75) is 22.6 Å². The van der Waals surface area contributed by atoms with Crippen LogP contribution in [0, 0.1) is 5.92 Å². The van der Waals surface area contributed by atoms with Crippen LogP contribution in [0.1, 0.15) is 12.8 Å². The summed E-state index contributed by atoms with van der Waals surface area (Å²) in [6, 6.07) is 9.77. The lowest BCUT2D eigenvalue weighted by atomic mass is 10.2. The predicted molar refractivity (Wildman–Crippen MR) is 113 cm³/mol. The zero-order chi connectivity index (χ0) is 20.6. The maximum atomic E-state index is 13.0. The topological polar surface area (TPSA) is 84.9 Å². The number of methoxy groups -OCH3 is 2. The second kappa shape index (κ2) is 7.79. The van der Waals surface area contributed by atoms with Gasteiger partial charge in [-0.1, -0.05) is 0 Å². The van der Waals surface area contributed by atoms with E-state index in [-0.39, 0.29) is 16.7 Å². The molecule has 2 aromatic carbocycles. The first-order valence-corrected chi connectivity index (χ1v) is 11.7. The smallest absolute Gasteiger partial charge is 0.262 e. The molecule has 1 aliphatic carbocycles. The van der Waals surface area contributed by atoms with E-state index in [1.807, 2.05) is 0 Å². The summed E-state index contributed by atoms with van der Waals surface area (Å²) < 4.78 is 39.1. The van der Waals surface area contributed by atoms with E-state index in [0.29, 0.717) is 29.4 Å². The van der Waals surface area contributed by atoms with Gasteiger partial charge >= 0.3 is 0 Å². The number of amides is 1. The zero-order valence-electron chi connectivity index (χ0n) is 16.2. The molecule has 0 aromatic heterocycles. The van der Waals surface area contributed by atoms with Crippen LogP contribution in [0.5, 0.6) is 11.5 Å². The maximum absolute atomic E-state index is 13.0. The minimum Gasteiger partial charge on any atom is -0.497 e. The van der Waals surface area contributed by atoms with E-state index in [2.05, 4.69) is 4.72 Å². The highest BCUT2D eigenvalue weighted by molar-refractivity contribution is 7.99. The predicted octanol–water partition coefficient (Wildman–Crippen LogP) is 3.35. The largest absolute Gasteiger partial charge is 0.497 e. The van der Waals surface area contributed by atoms with E-state index in [1.165, 1.54) is 14.2 Å². The highest BCUT2D eigenvalue weighted by Gasteiger charge is 2.36. The summed E-state index contributed by atoms with van der Waals surface area (Å²) in [4.78, 5) is 15.4. The van der Waals surface area contributed by atoms with Crippen molar-refractivity contribution in [3.05, 3.63) is 36.4 Å². The van der Waals surface area contributed by atoms with Crippen molar-refractivity contribution >= 4 is 39.1 Å². The summed E-state index contributed by atoms with van der Waals surface area (Å²) in [6.45, 7) is 0.593. The van der Waals surface area contributed by atoms with Crippen LogP contribution >= 0.6 is 11.8 Å². The highest BCUT2D eigenvalue weighted by Crippen LogP contribution is 2.40. The monoisotopic (exact) mass is 434 g/mol. The van der Waals surface area contributed by atoms with Crippen LogP contribution in [0.4, 0.5) is 11.4 Å². The quantitative estimate of drug-likeness (QED) is 0.751. The zero-order valence-corrected chi connectivity index (χ0v) is 17.8. The lowest BCUT2D eigenvalue weighted by molar-refractivity contribution is -0.119. The molecule has 0 saturated heterocycles. The number of sulfonamides is 1. The van der Waals surface area contributed by atoms with Crippen LogP contribution in [-0.2, 0) is 14.8 Å². The van der Waals surface area contributed by atoms with E-state index >= 15 is 0 Å². The molecular formula is C20H22N2O5S2. The van der Waals surface area contributed by atoms with Crippen LogP contribution in [0.2, 0.25) is 0 Å². The van der Waals surface area contributed by atoms with E-state index < -0.39 is 10.0 Å². The molecule has 1 saturated carbocycles. The Morgan fingerprint density at radius 1 is 1.14 bits per heavy atom. The van der Waals surface area contributed by atoms with Crippen molar-refractivity contribution in [3.63, 3.8) is 0 Å². The summed E-state index contributed by atoms with van der Waals surface area (Å²) in [5.41, 5.74) is 0.981. The molecule has 0 radical (unpaired) electrons. The van der Waals surface area contributed by atoms with Gasteiger partial charge in [0.05, 0.1) is 30.5 Å². The first-order chi connectivity index (χ1) is 13.9. The Balaban J connectivity index is 1.66. The van der Waals surface area contributed by atoms with Crippen LogP contribution in [-0.4, -0.2) is 40.8 Å². The number of nitrogens with one attached hydrogen (secondary N) is 1. The number of carbonyl (C=O) groups is 1. The standard InChI is InChI=1S/C20H22N2O5S2/c1-26-14-5-7-16(18(11-14)27-2)21-29(24,25)15-6-8-19-17(12-15)22(9-10-28-19)20(23)13-3-4-13/h5-8,11-13,21H,3-4,9-10H2,1-2H3. The third-order valence-electron chi connectivity index (χ3n) is 4.95. The molecular weight excluding hydrogens is 412 g/mol. The first-order valence-electron chi connectivity index (χ1n) is 9.26. The van der Waals surface area contributed by atoms with E-state index in [1.54, 1.807) is 53.1 Å². The van der Waals surface area contributed by atoms with Gasteiger partial charge in [0.2, 0.25) is 5.91 Å². The van der Waals surface area contributed by atoms with Crippen molar-refractivity contribution in [2.24, 2.45) is 5.92 Å². The van der Waals surface area contributed by atoms with Crippen molar-refractivity contribution in [1.29, 1.82) is 0 Å². The van der Waals surface area contributed by atoms with Gasteiger partial charge in [-0.2, -0.15) is 0 Å². The van der Waals surface area contributed by atoms with Gasteiger partial charge in [-0.15, -0.1) is 11.8 Å². The fraction of sp³-hybridized carbons (Fsp3) is 0.350. The minimum atomic E-state index is -3.87. The summed E-state index contributed by atoms with van der Waals surface area (Å²) in [5, 5.41) is 0. The average Bonchev–Trinajstić information content (AvgIpc) is 3.58. The van der Waals surface area contributed by atoms with Crippen molar-refractivity contribution in [2.75, 3.05) is 36.1 Å². The lowest BCUT2D eigenvalue weighted by Gasteiger charge is -2.29. The molecule has 1 heterocycles. The number of nitrogens with zero attached hydrogens (tertiary/aromatic N) is 1. The number of hydrogen-bond donors (Lipinski definition) is 1. The number of ether oxygens (including phenoxy) is 2. The Morgan fingerprint density at radius 2 is 1.93 bits per heavy atom. The third kappa shape index (κ3) is 4.02. The molecule has 2 aliphatic rings.